The number of aryl methyl sites for hydroxylation is 2. The van der Waals surface area contributed by atoms with Crippen molar-refractivity contribution < 1.29 is 0 Å². The number of hydrogen-bond acceptors (Lipinski definition) is 4. The maximum atomic E-state index is 4.60. The molecular formula is C16H13N5. The van der Waals surface area contributed by atoms with E-state index in [4.69, 9.17) is 0 Å². The molecule has 0 saturated heterocycles. The van der Waals surface area contributed by atoms with Crippen molar-refractivity contribution in [2.24, 2.45) is 0 Å². The van der Waals surface area contributed by atoms with Crippen molar-refractivity contribution in [2.45, 2.75) is 13.8 Å². The summed E-state index contributed by atoms with van der Waals surface area (Å²) < 4.78 is 2.07. The SMILES string of the molecule is Cc1cnccc1-c1nnc2c(C)nc3ccccc3n12. The third-order valence-electron chi connectivity index (χ3n) is 3.66. The van der Waals surface area contributed by atoms with E-state index < -0.39 is 0 Å². The third-order valence-corrected chi connectivity index (χ3v) is 3.66. The van der Waals surface area contributed by atoms with Gasteiger partial charge in [0.15, 0.2) is 11.5 Å². The van der Waals surface area contributed by atoms with Crippen LogP contribution in [0, 0.1) is 13.8 Å². The Kier molecular flexibility index (Phi) is 2.47. The Morgan fingerprint density at radius 3 is 2.71 bits per heavy atom. The van der Waals surface area contributed by atoms with E-state index >= 15 is 0 Å². The van der Waals surface area contributed by atoms with Crippen LogP contribution in [0.2, 0.25) is 0 Å². The number of pyridine rings is 1. The molecule has 4 rings (SSSR count). The van der Waals surface area contributed by atoms with Crippen molar-refractivity contribution in [3.63, 3.8) is 0 Å². The lowest BCUT2D eigenvalue weighted by Crippen LogP contribution is -1.98. The minimum atomic E-state index is 0.792. The van der Waals surface area contributed by atoms with Crippen molar-refractivity contribution in [1.82, 2.24) is 24.6 Å². The van der Waals surface area contributed by atoms with Crippen LogP contribution < -0.4 is 0 Å². The van der Waals surface area contributed by atoms with E-state index in [0.29, 0.717) is 0 Å². The summed E-state index contributed by atoms with van der Waals surface area (Å²) in [4.78, 5) is 8.74. The molecule has 0 atom stereocenters. The molecule has 0 aliphatic rings. The first-order valence-electron chi connectivity index (χ1n) is 6.77. The van der Waals surface area contributed by atoms with Crippen LogP contribution in [0.15, 0.2) is 42.7 Å². The molecule has 0 amide bonds. The Morgan fingerprint density at radius 1 is 1.00 bits per heavy atom. The summed E-state index contributed by atoms with van der Waals surface area (Å²) in [6.45, 7) is 3.99. The molecule has 0 fully saturated rings. The van der Waals surface area contributed by atoms with E-state index in [1.807, 2.05) is 50.4 Å². The molecule has 0 aliphatic heterocycles. The fraction of sp³-hybridized carbons (Fsp3) is 0.125. The number of nitrogens with zero attached hydrogens (tertiary/aromatic N) is 5. The van der Waals surface area contributed by atoms with Gasteiger partial charge in [-0.05, 0) is 37.6 Å². The molecule has 3 aromatic heterocycles. The van der Waals surface area contributed by atoms with E-state index in [1.165, 1.54) is 0 Å². The molecule has 0 bridgehead atoms. The molecule has 0 spiro atoms. The lowest BCUT2D eigenvalue weighted by Gasteiger charge is -2.07. The van der Waals surface area contributed by atoms with Crippen molar-refractivity contribution in [3.8, 4) is 11.4 Å². The number of para-hydroxylation sites is 2. The molecule has 5 nitrogen and oxygen atoms in total. The summed E-state index contributed by atoms with van der Waals surface area (Å²) >= 11 is 0. The van der Waals surface area contributed by atoms with Gasteiger partial charge >= 0.3 is 0 Å². The van der Waals surface area contributed by atoms with Gasteiger partial charge < -0.3 is 0 Å². The largest absolute Gasteiger partial charge is 0.272 e. The van der Waals surface area contributed by atoms with E-state index in [-0.39, 0.29) is 0 Å². The Morgan fingerprint density at radius 2 is 1.86 bits per heavy atom. The summed E-state index contributed by atoms with van der Waals surface area (Å²) in [7, 11) is 0. The zero-order valence-corrected chi connectivity index (χ0v) is 11.8. The van der Waals surface area contributed by atoms with Crippen LogP contribution >= 0.6 is 0 Å². The summed E-state index contributed by atoms with van der Waals surface area (Å²) in [5.41, 5.74) is 5.72. The van der Waals surface area contributed by atoms with Crippen LogP contribution in [0.5, 0.6) is 0 Å². The minimum absolute atomic E-state index is 0.792. The molecule has 102 valence electrons. The first-order chi connectivity index (χ1) is 10.3. The van der Waals surface area contributed by atoms with Crippen LogP contribution in [0.4, 0.5) is 0 Å². The van der Waals surface area contributed by atoms with Crippen molar-refractivity contribution >= 4 is 16.7 Å². The molecule has 0 aliphatic carbocycles. The number of hydrogen-bond donors (Lipinski definition) is 0. The monoisotopic (exact) mass is 275 g/mol. The van der Waals surface area contributed by atoms with Gasteiger partial charge in [0.1, 0.15) is 0 Å². The maximum Gasteiger partial charge on any atom is 0.183 e. The van der Waals surface area contributed by atoms with Gasteiger partial charge in [-0.25, -0.2) is 4.98 Å². The number of aromatic nitrogens is 5. The Labute approximate surface area is 121 Å². The number of rotatable bonds is 1. The predicted molar refractivity (Wildman–Crippen MR) is 81.0 cm³/mol. The van der Waals surface area contributed by atoms with Crippen LogP contribution in [0.3, 0.4) is 0 Å². The Bertz CT molecular complexity index is 971. The van der Waals surface area contributed by atoms with Crippen molar-refractivity contribution in [2.75, 3.05) is 0 Å². The van der Waals surface area contributed by atoms with Crippen LogP contribution in [0.1, 0.15) is 11.3 Å². The highest BCUT2D eigenvalue weighted by molar-refractivity contribution is 5.81. The fourth-order valence-corrected chi connectivity index (χ4v) is 2.62. The minimum Gasteiger partial charge on any atom is -0.272 e. The highest BCUT2D eigenvalue weighted by Gasteiger charge is 2.15. The van der Waals surface area contributed by atoms with Crippen molar-refractivity contribution in [3.05, 3.63) is 54.0 Å². The smallest absolute Gasteiger partial charge is 0.183 e. The lowest BCUT2D eigenvalue weighted by atomic mass is 10.1. The van der Waals surface area contributed by atoms with E-state index in [0.717, 1.165) is 39.3 Å². The second-order valence-electron chi connectivity index (χ2n) is 5.06. The van der Waals surface area contributed by atoms with Gasteiger partial charge in [-0.15, -0.1) is 10.2 Å². The summed E-state index contributed by atoms with van der Waals surface area (Å²) in [5.74, 6) is 0.826. The van der Waals surface area contributed by atoms with Gasteiger partial charge in [0.05, 0.1) is 16.7 Å². The van der Waals surface area contributed by atoms with Gasteiger partial charge in [0.25, 0.3) is 0 Å². The highest BCUT2D eigenvalue weighted by Crippen LogP contribution is 2.25. The molecule has 4 aromatic rings. The predicted octanol–water partition coefficient (Wildman–Crippen LogP) is 2.96. The van der Waals surface area contributed by atoms with Gasteiger partial charge in [-0.1, -0.05) is 12.1 Å². The van der Waals surface area contributed by atoms with Crippen LogP contribution in [0.25, 0.3) is 28.1 Å². The molecule has 0 N–H and O–H groups in total. The van der Waals surface area contributed by atoms with Gasteiger partial charge in [0.2, 0.25) is 0 Å². The van der Waals surface area contributed by atoms with E-state index in [1.54, 1.807) is 6.20 Å². The second kappa shape index (κ2) is 4.34. The lowest BCUT2D eigenvalue weighted by molar-refractivity contribution is 1.10. The fourth-order valence-electron chi connectivity index (χ4n) is 2.62. The quantitative estimate of drug-likeness (QED) is 0.536. The molecule has 0 unspecified atom stereocenters. The molecule has 0 radical (unpaired) electrons. The first kappa shape index (κ1) is 12.0. The van der Waals surface area contributed by atoms with Gasteiger partial charge in [0, 0.05) is 18.0 Å². The summed E-state index contributed by atoms with van der Waals surface area (Å²) in [6, 6.07) is 10.0. The van der Waals surface area contributed by atoms with E-state index in [2.05, 4.69) is 24.6 Å². The van der Waals surface area contributed by atoms with Crippen LogP contribution in [-0.2, 0) is 0 Å². The standard InChI is InChI=1S/C16H13N5/c1-10-9-17-8-7-12(10)16-20-19-15-11(2)18-13-5-3-4-6-14(13)21(15)16/h3-9H,1-2H3. The molecular weight excluding hydrogens is 262 g/mol. The molecule has 0 saturated carbocycles. The Balaban J connectivity index is 2.19. The average molecular weight is 275 g/mol. The van der Waals surface area contributed by atoms with Gasteiger partial charge in [-0.2, -0.15) is 0 Å². The number of benzene rings is 1. The normalized spacial score (nSPS) is 11.3. The van der Waals surface area contributed by atoms with Crippen LogP contribution in [-0.4, -0.2) is 24.6 Å². The van der Waals surface area contributed by atoms with Crippen molar-refractivity contribution in [1.29, 1.82) is 0 Å². The molecule has 5 heteroatoms. The second-order valence-corrected chi connectivity index (χ2v) is 5.06. The summed E-state index contributed by atoms with van der Waals surface area (Å²) in [6.07, 6.45) is 3.62. The number of fused-ring (bicyclic) bond motifs is 3. The maximum absolute atomic E-state index is 4.60. The topological polar surface area (TPSA) is 56.0 Å². The molecule has 21 heavy (non-hydrogen) atoms. The Hall–Kier alpha value is -2.82. The van der Waals surface area contributed by atoms with E-state index in [9.17, 15) is 0 Å². The summed E-state index contributed by atoms with van der Waals surface area (Å²) in [5, 5.41) is 8.70. The van der Waals surface area contributed by atoms with Gasteiger partial charge in [-0.3, -0.25) is 9.38 Å². The molecule has 3 heterocycles. The zero-order valence-electron chi connectivity index (χ0n) is 11.8. The first-order valence-corrected chi connectivity index (χ1v) is 6.77. The zero-order chi connectivity index (χ0) is 14.4. The third kappa shape index (κ3) is 1.71. The average Bonchev–Trinajstić information content (AvgIpc) is 2.93. The highest BCUT2D eigenvalue weighted by atomic mass is 15.3. The molecule has 1 aromatic carbocycles.